The largest absolute Gasteiger partial charge is 0.309 e. The van der Waals surface area contributed by atoms with Crippen molar-refractivity contribution in [2.45, 2.75) is 47.1 Å². The Labute approximate surface area is 122 Å². The summed E-state index contributed by atoms with van der Waals surface area (Å²) < 4.78 is 0. The predicted molar refractivity (Wildman–Crippen MR) is 82.7 cm³/mol. The standard InChI is InChI=1S/C15H28N4O/c1-8-12-9-13(18-17-12)16-14(20)15(4,5)10(2)11(3)19(6)7/h9-11H,8H2,1-7H3,(H2,16,17,18,20). The van der Waals surface area contributed by atoms with Crippen LogP contribution < -0.4 is 5.32 Å². The van der Waals surface area contributed by atoms with E-state index in [-0.39, 0.29) is 11.8 Å². The number of rotatable bonds is 6. The van der Waals surface area contributed by atoms with E-state index in [0.717, 1.165) is 12.1 Å². The number of nitrogens with one attached hydrogen (secondary N) is 2. The molecule has 1 aromatic rings. The van der Waals surface area contributed by atoms with Crippen LogP contribution >= 0.6 is 0 Å². The minimum Gasteiger partial charge on any atom is -0.309 e. The van der Waals surface area contributed by atoms with E-state index in [1.54, 1.807) is 0 Å². The summed E-state index contributed by atoms with van der Waals surface area (Å²) in [5.74, 6) is 0.833. The van der Waals surface area contributed by atoms with Gasteiger partial charge in [0.05, 0.1) is 0 Å². The zero-order valence-electron chi connectivity index (χ0n) is 13.7. The summed E-state index contributed by atoms with van der Waals surface area (Å²) in [6.45, 7) is 10.3. The maximum absolute atomic E-state index is 12.5. The van der Waals surface area contributed by atoms with Crippen LogP contribution in [0.3, 0.4) is 0 Å². The quantitative estimate of drug-likeness (QED) is 0.841. The van der Waals surface area contributed by atoms with Crippen LogP contribution in [0.15, 0.2) is 6.07 Å². The van der Waals surface area contributed by atoms with E-state index in [9.17, 15) is 4.79 Å². The molecule has 114 valence electrons. The Morgan fingerprint density at radius 1 is 1.45 bits per heavy atom. The molecule has 5 nitrogen and oxygen atoms in total. The Kier molecular flexibility index (Phi) is 5.34. The van der Waals surface area contributed by atoms with Gasteiger partial charge >= 0.3 is 0 Å². The predicted octanol–water partition coefficient (Wildman–Crippen LogP) is 2.52. The Bertz CT molecular complexity index is 450. The second-order valence-electron chi connectivity index (χ2n) is 6.30. The third kappa shape index (κ3) is 3.60. The molecule has 0 aliphatic carbocycles. The number of anilines is 1. The van der Waals surface area contributed by atoms with E-state index in [1.807, 2.05) is 40.9 Å². The number of aromatic amines is 1. The normalized spacial score (nSPS) is 15.2. The van der Waals surface area contributed by atoms with Gasteiger partial charge in [-0.15, -0.1) is 0 Å². The van der Waals surface area contributed by atoms with E-state index in [1.165, 1.54) is 0 Å². The number of carbonyl (C=O) groups excluding carboxylic acids is 1. The van der Waals surface area contributed by atoms with Gasteiger partial charge in [0.2, 0.25) is 5.91 Å². The molecule has 5 heteroatoms. The van der Waals surface area contributed by atoms with E-state index < -0.39 is 5.41 Å². The molecule has 0 spiro atoms. The number of hydrogen-bond donors (Lipinski definition) is 2. The molecule has 0 saturated carbocycles. The van der Waals surface area contributed by atoms with Crippen molar-refractivity contribution in [3.63, 3.8) is 0 Å². The number of H-pyrrole nitrogens is 1. The summed E-state index contributed by atoms with van der Waals surface area (Å²) >= 11 is 0. The highest BCUT2D eigenvalue weighted by molar-refractivity contribution is 5.94. The summed E-state index contributed by atoms with van der Waals surface area (Å²) in [6.07, 6.45) is 0.875. The number of amides is 1. The molecule has 0 saturated heterocycles. The molecule has 1 rings (SSSR count). The average Bonchev–Trinajstić information content (AvgIpc) is 2.84. The van der Waals surface area contributed by atoms with Crippen LogP contribution in [0, 0.1) is 11.3 Å². The van der Waals surface area contributed by atoms with Gasteiger partial charge in [-0.2, -0.15) is 5.10 Å². The van der Waals surface area contributed by atoms with Crippen LogP contribution in [0.1, 0.15) is 40.3 Å². The van der Waals surface area contributed by atoms with Crippen molar-refractivity contribution in [3.05, 3.63) is 11.8 Å². The van der Waals surface area contributed by atoms with E-state index in [2.05, 4.69) is 34.3 Å². The highest BCUT2D eigenvalue weighted by Gasteiger charge is 2.37. The van der Waals surface area contributed by atoms with Crippen LogP contribution in [0.4, 0.5) is 5.82 Å². The minimum absolute atomic E-state index is 0.00727. The molecule has 0 fully saturated rings. The molecule has 20 heavy (non-hydrogen) atoms. The van der Waals surface area contributed by atoms with Crippen LogP contribution in [-0.4, -0.2) is 41.1 Å². The highest BCUT2D eigenvalue weighted by Crippen LogP contribution is 2.32. The van der Waals surface area contributed by atoms with Gasteiger partial charge in [0.1, 0.15) is 0 Å². The maximum Gasteiger partial charge on any atom is 0.231 e. The lowest BCUT2D eigenvalue weighted by atomic mass is 9.75. The zero-order valence-corrected chi connectivity index (χ0v) is 13.7. The monoisotopic (exact) mass is 280 g/mol. The first-order valence-corrected chi connectivity index (χ1v) is 7.22. The van der Waals surface area contributed by atoms with Crippen molar-refractivity contribution >= 4 is 11.7 Å². The molecule has 0 aliphatic heterocycles. The van der Waals surface area contributed by atoms with Crippen molar-refractivity contribution in [2.75, 3.05) is 19.4 Å². The molecule has 1 aromatic heterocycles. The first-order chi connectivity index (χ1) is 9.20. The fourth-order valence-electron chi connectivity index (χ4n) is 2.14. The van der Waals surface area contributed by atoms with E-state index in [0.29, 0.717) is 11.9 Å². The minimum atomic E-state index is -0.463. The van der Waals surface area contributed by atoms with Gasteiger partial charge in [-0.05, 0) is 33.4 Å². The van der Waals surface area contributed by atoms with Gasteiger partial charge in [-0.25, -0.2) is 0 Å². The van der Waals surface area contributed by atoms with Crippen LogP contribution in [0.25, 0.3) is 0 Å². The number of nitrogens with zero attached hydrogens (tertiary/aromatic N) is 2. The topological polar surface area (TPSA) is 61.0 Å². The number of aryl methyl sites for hydroxylation is 1. The van der Waals surface area contributed by atoms with Crippen molar-refractivity contribution in [1.82, 2.24) is 15.1 Å². The van der Waals surface area contributed by atoms with Gasteiger partial charge in [0.25, 0.3) is 0 Å². The molecule has 0 radical (unpaired) electrons. The van der Waals surface area contributed by atoms with Gasteiger partial charge in [-0.3, -0.25) is 9.89 Å². The van der Waals surface area contributed by atoms with Crippen LogP contribution in [-0.2, 0) is 11.2 Å². The number of carbonyl (C=O) groups is 1. The van der Waals surface area contributed by atoms with Gasteiger partial charge in [0, 0.05) is 23.2 Å². The Balaban J connectivity index is 2.78. The van der Waals surface area contributed by atoms with Crippen molar-refractivity contribution in [3.8, 4) is 0 Å². The SMILES string of the molecule is CCc1cc(NC(=O)C(C)(C)C(C)C(C)N(C)C)n[nH]1. The second kappa shape index (κ2) is 6.39. The summed E-state index contributed by atoms with van der Waals surface area (Å²) in [4.78, 5) is 14.7. The molecule has 2 atom stereocenters. The zero-order chi connectivity index (χ0) is 15.5. The number of hydrogen-bond acceptors (Lipinski definition) is 3. The van der Waals surface area contributed by atoms with Crippen molar-refractivity contribution in [2.24, 2.45) is 11.3 Å². The van der Waals surface area contributed by atoms with Gasteiger partial charge in [0.15, 0.2) is 5.82 Å². The summed E-state index contributed by atoms with van der Waals surface area (Å²) in [5.41, 5.74) is 0.558. The number of aromatic nitrogens is 2. The molecule has 0 aromatic carbocycles. The van der Waals surface area contributed by atoms with Crippen LogP contribution in [0.2, 0.25) is 0 Å². The van der Waals surface area contributed by atoms with E-state index in [4.69, 9.17) is 0 Å². The summed E-state index contributed by atoms with van der Waals surface area (Å²) in [6, 6.07) is 2.20. The second-order valence-corrected chi connectivity index (χ2v) is 6.30. The van der Waals surface area contributed by atoms with Crippen molar-refractivity contribution < 1.29 is 4.79 Å². The molecule has 0 bridgehead atoms. The van der Waals surface area contributed by atoms with Gasteiger partial charge < -0.3 is 10.2 Å². The first-order valence-electron chi connectivity index (χ1n) is 7.22. The maximum atomic E-state index is 12.5. The summed E-state index contributed by atoms with van der Waals surface area (Å²) in [5, 5.41) is 9.93. The third-order valence-electron chi connectivity index (χ3n) is 4.52. The lowest BCUT2D eigenvalue weighted by Gasteiger charge is -2.37. The molecular weight excluding hydrogens is 252 g/mol. The highest BCUT2D eigenvalue weighted by atomic mass is 16.2. The van der Waals surface area contributed by atoms with Gasteiger partial charge in [-0.1, -0.05) is 27.7 Å². The lowest BCUT2D eigenvalue weighted by molar-refractivity contribution is -0.127. The van der Waals surface area contributed by atoms with E-state index >= 15 is 0 Å². The molecule has 0 aliphatic rings. The Morgan fingerprint density at radius 2 is 2.05 bits per heavy atom. The van der Waals surface area contributed by atoms with Crippen molar-refractivity contribution in [1.29, 1.82) is 0 Å². The van der Waals surface area contributed by atoms with Crippen LogP contribution in [0.5, 0.6) is 0 Å². The molecule has 2 unspecified atom stereocenters. The fraction of sp³-hybridized carbons (Fsp3) is 0.733. The average molecular weight is 280 g/mol. The fourth-order valence-corrected chi connectivity index (χ4v) is 2.14. The lowest BCUT2D eigenvalue weighted by Crippen LogP contribution is -2.45. The Hall–Kier alpha value is -1.36. The molecular formula is C15H28N4O. The summed E-state index contributed by atoms with van der Waals surface area (Å²) in [7, 11) is 4.08. The molecule has 1 amide bonds. The molecule has 1 heterocycles. The molecule has 2 N–H and O–H groups in total. The smallest absolute Gasteiger partial charge is 0.231 e. The third-order valence-corrected chi connectivity index (χ3v) is 4.52. The Morgan fingerprint density at radius 3 is 2.50 bits per heavy atom. The first kappa shape index (κ1) is 16.7.